The molecular weight excluding hydrogens is 305 g/mol. The summed E-state index contributed by atoms with van der Waals surface area (Å²) < 4.78 is 1.55. The van der Waals surface area contributed by atoms with E-state index in [4.69, 9.17) is 28.3 Å². The van der Waals surface area contributed by atoms with Gasteiger partial charge in [0.25, 0.3) is 5.91 Å². The van der Waals surface area contributed by atoms with Crippen molar-refractivity contribution in [3.8, 4) is 0 Å². The Morgan fingerprint density at radius 1 is 1.25 bits per heavy atom. The van der Waals surface area contributed by atoms with Crippen LogP contribution in [0.1, 0.15) is 10.5 Å². The van der Waals surface area contributed by atoms with Crippen LogP contribution in [-0.4, -0.2) is 64.1 Å². The number of nitrogens with zero attached hydrogens (tertiary/aromatic N) is 3. The zero-order chi connectivity index (χ0) is 14.9. The number of rotatable bonds is 3. The van der Waals surface area contributed by atoms with Crippen LogP contribution in [0.25, 0.3) is 0 Å². The second-order valence-electron chi connectivity index (χ2n) is 4.69. The van der Waals surface area contributed by atoms with Gasteiger partial charge in [-0.1, -0.05) is 23.2 Å². The molecule has 1 saturated heterocycles. The summed E-state index contributed by atoms with van der Waals surface area (Å²) in [6, 6.07) is 1.55. The zero-order valence-corrected chi connectivity index (χ0v) is 12.5. The van der Waals surface area contributed by atoms with Gasteiger partial charge in [0.15, 0.2) is 0 Å². The van der Waals surface area contributed by atoms with E-state index in [9.17, 15) is 9.59 Å². The molecule has 1 fully saturated rings. The quantitative estimate of drug-likeness (QED) is 0.908. The molecule has 0 atom stereocenters. The first-order valence-corrected chi connectivity index (χ1v) is 6.90. The van der Waals surface area contributed by atoms with Gasteiger partial charge in [0.1, 0.15) is 10.8 Å². The average molecular weight is 320 g/mol. The highest BCUT2D eigenvalue weighted by Crippen LogP contribution is 2.26. The van der Waals surface area contributed by atoms with Gasteiger partial charge in [-0.15, -0.1) is 0 Å². The van der Waals surface area contributed by atoms with Gasteiger partial charge in [-0.05, 0) is 6.07 Å². The highest BCUT2D eigenvalue weighted by atomic mass is 35.5. The first-order valence-electron chi connectivity index (χ1n) is 6.14. The first-order chi connectivity index (χ1) is 9.40. The third-order valence-corrected chi connectivity index (χ3v) is 4.20. The molecule has 0 aromatic carbocycles. The van der Waals surface area contributed by atoms with E-state index in [0.717, 1.165) is 0 Å². The van der Waals surface area contributed by atoms with Crippen LogP contribution in [-0.2, 0) is 11.8 Å². The van der Waals surface area contributed by atoms with E-state index in [0.29, 0.717) is 42.0 Å². The minimum absolute atomic E-state index is 0.00381. The van der Waals surface area contributed by atoms with Crippen LogP contribution in [0.3, 0.4) is 0 Å². The number of halogens is 2. The topological polar surface area (TPSA) is 65.8 Å². The lowest BCUT2D eigenvalue weighted by Gasteiger charge is -2.33. The first kappa shape index (κ1) is 15.2. The van der Waals surface area contributed by atoms with Gasteiger partial charge in [0, 0.05) is 33.2 Å². The smallest absolute Gasteiger partial charge is 0.317 e. The molecule has 0 saturated carbocycles. The monoisotopic (exact) mass is 319 g/mol. The van der Waals surface area contributed by atoms with E-state index in [1.165, 1.54) is 0 Å². The summed E-state index contributed by atoms with van der Waals surface area (Å²) in [6.45, 7) is 2.08. The van der Waals surface area contributed by atoms with E-state index in [2.05, 4.69) is 0 Å². The van der Waals surface area contributed by atoms with Crippen molar-refractivity contribution < 1.29 is 14.7 Å². The number of carbonyl (C=O) groups excluding carboxylic acids is 1. The van der Waals surface area contributed by atoms with Crippen LogP contribution in [0, 0.1) is 0 Å². The minimum atomic E-state index is -0.856. The summed E-state index contributed by atoms with van der Waals surface area (Å²) in [4.78, 5) is 26.5. The molecule has 1 aromatic rings. The van der Waals surface area contributed by atoms with E-state index >= 15 is 0 Å². The number of hydrogen-bond acceptors (Lipinski definition) is 3. The highest BCUT2D eigenvalue weighted by molar-refractivity contribution is 6.41. The molecule has 1 aliphatic rings. The van der Waals surface area contributed by atoms with Crippen molar-refractivity contribution >= 4 is 35.1 Å². The number of hydrogen-bond donors (Lipinski definition) is 1. The fraction of sp³-hybridized carbons (Fsp3) is 0.500. The normalized spacial score (nSPS) is 16.4. The maximum atomic E-state index is 12.4. The SMILES string of the molecule is Cn1c(C(=O)N2CCN(CC(=O)O)CC2)cc(Cl)c1Cl. The Morgan fingerprint density at radius 2 is 1.85 bits per heavy atom. The summed E-state index contributed by atoms with van der Waals surface area (Å²) in [6.07, 6.45) is 0. The van der Waals surface area contributed by atoms with Crippen LogP contribution >= 0.6 is 23.2 Å². The summed E-state index contributed by atoms with van der Waals surface area (Å²) in [5.41, 5.74) is 0.437. The Hall–Kier alpha value is -1.24. The predicted octanol–water partition coefficient (Wildman–Crippen LogP) is 1.17. The van der Waals surface area contributed by atoms with Crippen LogP contribution in [0.4, 0.5) is 0 Å². The number of amides is 1. The van der Waals surface area contributed by atoms with Crippen molar-refractivity contribution in [3.05, 3.63) is 21.9 Å². The molecule has 110 valence electrons. The van der Waals surface area contributed by atoms with Gasteiger partial charge in [0.2, 0.25) is 0 Å². The molecule has 6 nitrogen and oxygen atoms in total. The summed E-state index contributed by atoms with van der Waals surface area (Å²) >= 11 is 11.8. The van der Waals surface area contributed by atoms with Gasteiger partial charge in [-0.2, -0.15) is 0 Å². The van der Waals surface area contributed by atoms with Crippen LogP contribution in [0.15, 0.2) is 6.07 Å². The molecule has 1 aliphatic heterocycles. The Balaban J connectivity index is 2.01. The fourth-order valence-electron chi connectivity index (χ4n) is 2.21. The molecule has 2 heterocycles. The number of aromatic nitrogens is 1. The molecule has 1 aromatic heterocycles. The maximum Gasteiger partial charge on any atom is 0.317 e. The van der Waals surface area contributed by atoms with Gasteiger partial charge < -0.3 is 14.6 Å². The lowest BCUT2D eigenvalue weighted by molar-refractivity contribution is -0.138. The largest absolute Gasteiger partial charge is 0.480 e. The predicted molar refractivity (Wildman–Crippen MR) is 75.4 cm³/mol. The molecule has 1 amide bonds. The second kappa shape index (κ2) is 6.03. The Labute approximate surface area is 126 Å². The second-order valence-corrected chi connectivity index (χ2v) is 5.45. The van der Waals surface area contributed by atoms with Gasteiger partial charge in [0.05, 0.1) is 11.6 Å². The summed E-state index contributed by atoms with van der Waals surface area (Å²) in [7, 11) is 1.68. The number of carboxylic acids is 1. The van der Waals surface area contributed by atoms with E-state index in [1.807, 2.05) is 0 Å². The number of carboxylic acid groups (broad SMARTS) is 1. The lowest BCUT2D eigenvalue weighted by atomic mass is 10.2. The number of aliphatic carboxylic acids is 1. The van der Waals surface area contributed by atoms with E-state index < -0.39 is 5.97 Å². The molecule has 1 N–H and O–H groups in total. The van der Waals surface area contributed by atoms with Crippen LogP contribution in [0.5, 0.6) is 0 Å². The Bertz CT molecular complexity index is 536. The lowest BCUT2D eigenvalue weighted by Crippen LogP contribution is -2.50. The maximum absolute atomic E-state index is 12.4. The van der Waals surface area contributed by atoms with E-state index in [-0.39, 0.29) is 12.5 Å². The van der Waals surface area contributed by atoms with Crippen molar-refractivity contribution in [2.45, 2.75) is 0 Å². The van der Waals surface area contributed by atoms with Crippen LogP contribution in [0.2, 0.25) is 10.2 Å². The zero-order valence-electron chi connectivity index (χ0n) is 11.0. The molecule has 2 rings (SSSR count). The van der Waals surface area contributed by atoms with Crippen LogP contribution < -0.4 is 0 Å². The molecule has 0 spiro atoms. The third kappa shape index (κ3) is 3.08. The molecule has 20 heavy (non-hydrogen) atoms. The minimum Gasteiger partial charge on any atom is -0.480 e. The molecule has 0 unspecified atom stereocenters. The molecule has 0 aliphatic carbocycles. The molecular formula is C12H15Cl2N3O3. The Morgan fingerprint density at radius 3 is 2.30 bits per heavy atom. The van der Waals surface area contributed by atoms with Gasteiger partial charge in [-0.25, -0.2) is 0 Å². The van der Waals surface area contributed by atoms with Gasteiger partial charge in [-0.3, -0.25) is 14.5 Å². The number of carbonyl (C=O) groups is 2. The molecule has 8 heteroatoms. The molecule has 0 radical (unpaired) electrons. The van der Waals surface area contributed by atoms with Crippen molar-refractivity contribution in [2.24, 2.45) is 7.05 Å². The number of piperazine rings is 1. The standard InChI is InChI=1S/C12H15Cl2N3O3/c1-15-9(6-8(13)11(15)14)12(20)17-4-2-16(3-5-17)7-10(18)19/h6H,2-5,7H2,1H3,(H,18,19). The fourth-order valence-corrected chi connectivity index (χ4v) is 2.59. The summed E-state index contributed by atoms with van der Waals surface area (Å²) in [5, 5.41) is 9.42. The van der Waals surface area contributed by atoms with Crippen molar-refractivity contribution in [3.63, 3.8) is 0 Å². The van der Waals surface area contributed by atoms with Crippen molar-refractivity contribution in [2.75, 3.05) is 32.7 Å². The average Bonchev–Trinajstić information content (AvgIpc) is 2.66. The van der Waals surface area contributed by atoms with Gasteiger partial charge >= 0.3 is 5.97 Å². The van der Waals surface area contributed by atoms with E-state index in [1.54, 1.807) is 27.5 Å². The van der Waals surface area contributed by atoms with Crippen molar-refractivity contribution in [1.29, 1.82) is 0 Å². The summed E-state index contributed by atoms with van der Waals surface area (Å²) in [5.74, 6) is -0.998. The third-order valence-electron chi connectivity index (χ3n) is 3.35. The van der Waals surface area contributed by atoms with Crippen molar-refractivity contribution in [1.82, 2.24) is 14.4 Å². The highest BCUT2D eigenvalue weighted by Gasteiger charge is 2.25. The molecule has 0 bridgehead atoms. The Kier molecular flexibility index (Phi) is 4.57.